The van der Waals surface area contributed by atoms with Gasteiger partial charge in [0.1, 0.15) is 55.1 Å². The maximum atomic E-state index is 10.6. The second kappa shape index (κ2) is 14.1. The van der Waals surface area contributed by atoms with Crippen molar-refractivity contribution in [3.05, 3.63) is 0 Å². The average molecular weight is 468 g/mol. The molecule has 2 rings (SSSR count). The molecule has 2 aliphatic heterocycles. The molecule has 0 bridgehead atoms. The van der Waals surface area contributed by atoms with E-state index in [1.165, 1.54) is 25.7 Å². The van der Waals surface area contributed by atoms with Gasteiger partial charge in [-0.3, -0.25) is 5.32 Å². The zero-order valence-corrected chi connectivity index (χ0v) is 18.7. The minimum Gasteiger partial charge on any atom is -0.394 e. The standard InChI is InChI=1S/C21H41NO10/c1-2-3-4-5-6-7-8-9-22-20-17(28)16(27)19(13(11-24)30-20)32-21-18(29)15(26)14(25)12(10-23)31-21/h12-29H,2-11H2,1H3/t12-,13-,14+,15+,16-,17-,18-,19-,20?,21+/m1/s1. The first kappa shape index (κ1) is 27.8. The van der Waals surface area contributed by atoms with Gasteiger partial charge in [0.05, 0.1) is 13.2 Å². The first-order valence-electron chi connectivity index (χ1n) is 11.7. The third-order valence-electron chi connectivity index (χ3n) is 6.13. The van der Waals surface area contributed by atoms with Crippen molar-refractivity contribution in [1.29, 1.82) is 0 Å². The molecule has 190 valence electrons. The minimum absolute atomic E-state index is 0.540. The summed E-state index contributed by atoms with van der Waals surface area (Å²) in [6.07, 6.45) is -5.79. The Balaban J connectivity index is 1.86. The second-order valence-corrected chi connectivity index (χ2v) is 8.63. The molecule has 32 heavy (non-hydrogen) atoms. The van der Waals surface area contributed by atoms with Crippen molar-refractivity contribution in [3.8, 4) is 0 Å². The molecule has 0 aliphatic carbocycles. The number of aliphatic hydroxyl groups is 7. The lowest BCUT2D eigenvalue weighted by Crippen LogP contribution is -2.66. The zero-order valence-electron chi connectivity index (χ0n) is 18.7. The molecule has 0 spiro atoms. The molecule has 0 saturated carbocycles. The fraction of sp³-hybridized carbons (Fsp3) is 1.00. The lowest BCUT2D eigenvalue weighted by Gasteiger charge is -2.46. The number of rotatable bonds is 13. The smallest absolute Gasteiger partial charge is 0.187 e. The molecular formula is C21H41NO10. The summed E-state index contributed by atoms with van der Waals surface area (Å²) in [5, 5.41) is 73.1. The van der Waals surface area contributed by atoms with Gasteiger partial charge in [0.25, 0.3) is 0 Å². The SMILES string of the molecule is CCCCCCCCCNC1O[C@H](CO)[C@@H](O[C@@H]2O[C@H](CO)[C@H](O)[C@H](O)[C@H]2O)[C@H](O)[C@H]1O. The van der Waals surface area contributed by atoms with Gasteiger partial charge in [-0.2, -0.15) is 0 Å². The lowest BCUT2D eigenvalue weighted by atomic mass is 9.96. The van der Waals surface area contributed by atoms with E-state index in [-0.39, 0.29) is 0 Å². The van der Waals surface area contributed by atoms with Crippen molar-refractivity contribution in [1.82, 2.24) is 5.32 Å². The van der Waals surface area contributed by atoms with E-state index >= 15 is 0 Å². The van der Waals surface area contributed by atoms with E-state index in [1.54, 1.807) is 0 Å². The predicted molar refractivity (Wildman–Crippen MR) is 112 cm³/mol. The van der Waals surface area contributed by atoms with E-state index in [4.69, 9.17) is 14.2 Å². The van der Waals surface area contributed by atoms with Crippen molar-refractivity contribution >= 4 is 0 Å². The molecule has 11 heteroatoms. The molecule has 0 aromatic heterocycles. The van der Waals surface area contributed by atoms with E-state index in [1.807, 2.05) is 0 Å². The van der Waals surface area contributed by atoms with Gasteiger partial charge in [0.15, 0.2) is 6.29 Å². The Morgan fingerprint density at radius 2 is 1.31 bits per heavy atom. The van der Waals surface area contributed by atoms with E-state index in [0.717, 1.165) is 19.3 Å². The molecular weight excluding hydrogens is 426 g/mol. The van der Waals surface area contributed by atoms with Gasteiger partial charge in [-0.25, -0.2) is 0 Å². The predicted octanol–water partition coefficient (Wildman–Crippen LogP) is -2.05. The molecule has 10 atom stereocenters. The number of hydrogen-bond donors (Lipinski definition) is 8. The average Bonchev–Trinajstić information content (AvgIpc) is 2.79. The van der Waals surface area contributed by atoms with Crippen LogP contribution >= 0.6 is 0 Å². The first-order chi connectivity index (χ1) is 15.3. The van der Waals surface area contributed by atoms with Gasteiger partial charge >= 0.3 is 0 Å². The van der Waals surface area contributed by atoms with Crippen LogP contribution in [0, 0.1) is 0 Å². The van der Waals surface area contributed by atoms with Crippen LogP contribution in [0.4, 0.5) is 0 Å². The molecule has 2 heterocycles. The van der Waals surface area contributed by atoms with Crippen LogP contribution in [0.2, 0.25) is 0 Å². The quantitative estimate of drug-likeness (QED) is 0.140. The van der Waals surface area contributed by atoms with Crippen LogP contribution in [0.1, 0.15) is 51.9 Å². The summed E-state index contributed by atoms with van der Waals surface area (Å²) in [6, 6.07) is 0. The fourth-order valence-corrected chi connectivity index (χ4v) is 4.08. The summed E-state index contributed by atoms with van der Waals surface area (Å²) < 4.78 is 16.5. The molecule has 2 fully saturated rings. The van der Waals surface area contributed by atoms with E-state index in [0.29, 0.717) is 6.54 Å². The fourth-order valence-electron chi connectivity index (χ4n) is 4.08. The molecule has 2 aliphatic rings. The van der Waals surface area contributed by atoms with Crippen LogP contribution in [-0.2, 0) is 14.2 Å². The van der Waals surface area contributed by atoms with Crippen LogP contribution in [-0.4, -0.2) is 117 Å². The molecule has 11 nitrogen and oxygen atoms in total. The van der Waals surface area contributed by atoms with Gasteiger partial charge in [0.2, 0.25) is 0 Å². The first-order valence-corrected chi connectivity index (χ1v) is 11.7. The van der Waals surface area contributed by atoms with Gasteiger partial charge in [-0.05, 0) is 13.0 Å². The third kappa shape index (κ3) is 7.28. The number of aliphatic hydroxyl groups excluding tert-OH is 7. The molecule has 0 radical (unpaired) electrons. The topological polar surface area (TPSA) is 181 Å². The maximum absolute atomic E-state index is 10.6. The lowest BCUT2D eigenvalue weighted by molar-refractivity contribution is -0.343. The monoisotopic (exact) mass is 467 g/mol. The summed E-state index contributed by atoms with van der Waals surface area (Å²) in [5.74, 6) is 0. The molecule has 0 aromatic rings. The van der Waals surface area contributed by atoms with E-state index in [2.05, 4.69) is 12.2 Å². The highest BCUT2D eigenvalue weighted by Gasteiger charge is 2.50. The number of hydrogen-bond acceptors (Lipinski definition) is 11. The maximum Gasteiger partial charge on any atom is 0.187 e. The summed E-state index contributed by atoms with van der Waals surface area (Å²) >= 11 is 0. The largest absolute Gasteiger partial charge is 0.394 e. The Hall–Kier alpha value is -0.440. The van der Waals surface area contributed by atoms with Crippen LogP contribution in [0.25, 0.3) is 0 Å². The number of nitrogens with one attached hydrogen (secondary N) is 1. The second-order valence-electron chi connectivity index (χ2n) is 8.63. The summed E-state index contributed by atoms with van der Waals surface area (Å²) in [5.41, 5.74) is 0. The minimum atomic E-state index is -1.68. The van der Waals surface area contributed by atoms with Crippen molar-refractivity contribution in [3.63, 3.8) is 0 Å². The van der Waals surface area contributed by atoms with Gasteiger partial charge in [-0.15, -0.1) is 0 Å². The van der Waals surface area contributed by atoms with Crippen LogP contribution in [0.3, 0.4) is 0 Å². The normalized spacial score (nSPS) is 40.5. The third-order valence-corrected chi connectivity index (χ3v) is 6.13. The van der Waals surface area contributed by atoms with E-state index < -0.39 is 74.6 Å². The number of unbranched alkanes of at least 4 members (excludes halogenated alkanes) is 6. The van der Waals surface area contributed by atoms with Crippen molar-refractivity contribution < 1.29 is 50.0 Å². The Morgan fingerprint density at radius 3 is 1.94 bits per heavy atom. The highest BCUT2D eigenvalue weighted by Crippen LogP contribution is 2.28. The highest BCUT2D eigenvalue weighted by atomic mass is 16.7. The summed E-state index contributed by atoms with van der Waals surface area (Å²) in [7, 11) is 0. The number of ether oxygens (including phenoxy) is 3. The Kier molecular flexibility index (Phi) is 12.2. The molecule has 0 aromatic carbocycles. The highest BCUT2D eigenvalue weighted by molar-refractivity contribution is 4.95. The molecule has 8 N–H and O–H groups in total. The van der Waals surface area contributed by atoms with Crippen molar-refractivity contribution in [2.75, 3.05) is 19.8 Å². The molecule has 2 saturated heterocycles. The van der Waals surface area contributed by atoms with Gasteiger partial charge in [0, 0.05) is 0 Å². The van der Waals surface area contributed by atoms with E-state index in [9.17, 15) is 35.7 Å². The summed E-state index contributed by atoms with van der Waals surface area (Å²) in [6.45, 7) is 1.57. The summed E-state index contributed by atoms with van der Waals surface area (Å²) in [4.78, 5) is 0. The van der Waals surface area contributed by atoms with Crippen LogP contribution < -0.4 is 5.32 Å². The van der Waals surface area contributed by atoms with Crippen LogP contribution in [0.15, 0.2) is 0 Å². The van der Waals surface area contributed by atoms with Crippen molar-refractivity contribution in [2.24, 2.45) is 0 Å². The van der Waals surface area contributed by atoms with Crippen molar-refractivity contribution in [2.45, 2.75) is 113 Å². The van der Waals surface area contributed by atoms with Gasteiger partial charge in [-0.1, -0.05) is 45.4 Å². The zero-order chi connectivity index (χ0) is 23.7. The van der Waals surface area contributed by atoms with Gasteiger partial charge < -0.3 is 50.0 Å². The Bertz CT molecular complexity index is 511. The molecule has 0 amide bonds. The van der Waals surface area contributed by atoms with Crippen LogP contribution in [0.5, 0.6) is 0 Å². The Labute approximate surface area is 188 Å². The molecule has 1 unspecified atom stereocenters. The Morgan fingerprint density at radius 1 is 0.688 bits per heavy atom.